The van der Waals surface area contributed by atoms with E-state index < -0.39 is 10.0 Å². The molecule has 0 amide bonds. The normalized spacial score (nSPS) is 13.8. The number of aryl methyl sites for hydroxylation is 1. The Hall–Kier alpha value is -0.880. The number of hydrogen-bond acceptors (Lipinski definition) is 3. The molecule has 6 heteroatoms. The minimum Gasteiger partial charge on any atom is -0.268 e. The van der Waals surface area contributed by atoms with Crippen molar-refractivity contribution in [3.63, 3.8) is 0 Å². The number of rotatable bonds is 6. The maximum Gasteiger partial charge on any atom is 0.241 e. The largest absolute Gasteiger partial charge is 0.268 e. The van der Waals surface area contributed by atoms with E-state index >= 15 is 0 Å². The van der Waals surface area contributed by atoms with Crippen LogP contribution in [0.3, 0.4) is 0 Å². The average molecular weight is 273 g/mol. The van der Waals surface area contributed by atoms with Gasteiger partial charge in [0, 0.05) is 6.54 Å². The SMILES string of the molecule is CCc1nn(CC(C)CC)c(CC)c1S(N)(=O)=O. The van der Waals surface area contributed by atoms with Crippen LogP contribution in [-0.2, 0) is 29.4 Å². The fraction of sp³-hybridized carbons (Fsp3) is 0.750. The fourth-order valence-electron chi connectivity index (χ4n) is 2.01. The third kappa shape index (κ3) is 3.11. The molecule has 1 aromatic heterocycles. The summed E-state index contributed by atoms with van der Waals surface area (Å²) in [6, 6.07) is 0. The lowest BCUT2D eigenvalue weighted by atomic mass is 10.1. The van der Waals surface area contributed by atoms with Crippen molar-refractivity contribution in [2.24, 2.45) is 11.1 Å². The second kappa shape index (κ2) is 5.84. The van der Waals surface area contributed by atoms with Crippen LogP contribution in [0.2, 0.25) is 0 Å². The smallest absolute Gasteiger partial charge is 0.241 e. The summed E-state index contributed by atoms with van der Waals surface area (Å²) in [6.45, 7) is 8.80. The van der Waals surface area contributed by atoms with Crippen LogP contribution in [0.1, 0.15) is 45.5 Å². The van der Waals surface area contributed by atoms with Gasteiger partial charge in [0.25, 0.3) is 0 Å². The van der Waals surface area contributed by atoms with Crippen LogP contribution in [0, 0.1) is 5.92 Å². The number of aromatic nitrogens is 2. The monoisotopic (exact) mass is 273 g/mol. The molecule has 0 aliphatic heterocycles. The van der Waals surface area contributed by atoms with E-state index in [4.69, 9.17) is 5.14 Å². The molecule has 1 atom stereocenters. The Morgan fingerprint density at radius 1 is 1.28 bits per heavy atom. The minimum absolute atomic E-state index is 0.232. The molecular formula is C12H23N3O2S. The second-order valence-electron chi connectivity index (χ2n) is 4.67. The van der Waals surface area contributed by atoms with Gasteiger partial charge in [0.05, 0.1) is 11.4 Å². The minimum atomic E-state index is -3.69. The Morgan fingerprint density at radius 2 is 1.89 bits per heavy atom. The first-order chi connectivity index (χ1) is 8.35. The highest BCUT2D eigenvalue weighted by Gasteiger charge is 2.24. The van der Waals surface area contributed by atoms with E-state index in [-0.39, 0.29) is 4.90 Å². The van der Waals surface area contributed by atoms with Crippen LogP contribution >= 0.6 is 0 Å². The highest BCUT2D eigenvalue weighted by molar-refractivity contribution is 7.89. The number of nitrogens with zero attached hydrogens (tertiary/aromatic N) is 2. The zero-order chi connectivity index (χ0) is 13.9. The maximum atomic E-state index is 11.7. The zero-order valence-electron chi connectivity index (χ0n) is 11.6. The molecule has 0 saturated carbocycles. The van der Waals surface area contributed by atoms with E-state index in [0.717, 1.165) is 18.7 Å². The van der Waals surface area contributed by atoms with Gasteiger partial charge in [-0.2, -0.15) is 5.10 Å². The molecule has 0 saturated heterocycles. The molecule has 1 unspecified atom stereocenters. The van der Waals surface area contributed by atoms with E-state index in [2.05, 4.69) is 18.9 Å². The van der Waals surface area contributed by atoms with Crippen molar-refractivity contribution in [2.75, 3.05) is 0 Å². The van der Waals surface area contributed by atoms with Crippen molar-refractivity contribution < 1.29 is 8.42 Å². The second-order valence-corrected chi connectivity index (χ2v) is 6.17. The Balaban J connectivity index is 3.34. The van der Waals surface area contributed by atoms with Gasteiger partial charge in [-0.15, -0.1) is 0 Å². The molecule has 0 fully saturated rings. The lowest BCUT2D eigenvalue weighted by Crippen LogP contribution is -2.17. The number of primary sulfonamides is 1. The third-order valence-electron chi connectivity index (χ3n) is 3.21. The van der Waals surface area contributed by atoms with E-state index in [1.54, 1.807) is 0 Å². The molecular weight excluding hydrogens is 250 g/mol. The molecule has 0 aliphatic rings. The van der Waals surface area contributed by atoms with Crippen LogP contribution in [0.4, 0.5) is 0 Å². The molecule has 0 radical (unpaired) electrons. The number of hydrogen-bond donors (Lipinski definition) is 1. The molecule has 0 spiro atoms. The van der Waals surface area contributed by atoms with Crippen LogP contribution in [0.5, 0.6) is 0 Å². The molecule has 0 aromatic carbocycles. The first-order valence-electron chi connectivity index (χ1n) is 6.46. The number of sulfonamides is 1. The molecule has 2 N–H and O–H groups in total. The van der Waals surface area contributed by atoms with Gasteiger partial charge in [-0.25, -0.2) is 13.6 Å². The lowest BCUT2D eigenvalue weighted by molar-refractivity contribution is 0.426. The van der Waals surface area contributed by atoms with Gasteiger partial charge in [-0.3, -0.25) is 4.68 Å². The third-order valence-corrected chi connectivity index (χ3v) is 4.25. The van der Waals surface area contributed by atoms with Crippen LogP contribution < -0.4 is 5.14 Å². The summed E-state index contributed by atoms with van der Waals surface area (Å²) in [4.78, 5) is 0.232. The van der Waals surface area contributed by atoms with Gasteiger partial charge in [-0.1, -0.05) is 34.1 Å². The van der Waals surface area contributed by atoms with Crippen LogP contribution in [-0.4, -0.2) is 18.2 Å². The first kappa shape index (κ1) is 15.2. The fourth-order valence-corrected chi connectivity index (χ4v) is 3.11. The van der Waals surface area contributed by atoms with E-state index in [1.807, 2.05) is 18.5 Å². The van der Waals surface area contributed by atoms with Gasteiger partial charge < -0.3 is 0 Å². The van der Waals surface area contributed by atoms with Crippen molar-refractivity contribution in [3.8, 4) is 0 Å². The Kier molecular flexibility index (Phi) is 4.92. The van der Waals surface area contributed by atoms with Crippen molar-refractivity contribution in [2.45, 2.75) is 58.4 Å². The van der Waals surface area contributed by atoms with Gasteiger partial charge in [0.2, 0.25) is 10.0 Å². The molecule has 104 valence electrons. The highest BCUT2D eigenvalue weighted by atomic mass is 32.2. The summed E-state index contributed by atoms with van der Waals surface area (Å²) in [6.07, 6.45) is 2.23. The molecule has 1 rings (SSSR count). The highest BCUT2D eigenvalue weighted by Crippen LogP contribution is 2.22. The summed E-state index contributed by atoms with van der Waals surface area (Å²) in [5, 5.41) is 9.72. The van der Waals surface area contributed by atoms with Crippen molar-refractivity contribution in [1.82, 2.24) is 9.78 Å². The average Bonchev–Trinajstić information content (AvgIpc) is 2.66. The Bertz CT molecular complexity index is 506. The predicted octanol–water partition coefficient (Wildman–Crippen LogP) is 1.70. The topological polar surface area (TPSA) is 78.0 Å². The van der Waals surface area contributed by atoms with Gasteiger partial charge in [-0.05, 0) is 18.8 Å². The molecule has 0 aliphatic carbocycles. The predicted molar refractivity (Wildman–Crippen MR) is 71.8 cm³/mol. The molecule has 0 bridgehead atoms. The van der Waals surface area contributed by atoms with Crippen LogP contribution in [0.25, 0.3) is 0 Å². The summed E-state index contributed by atoms with van der Waals surface area (Å²) < 4.78 is 25.2. The van der Waals surface area contributed by atoms with Gasteiger partial charge in [0.15, 0.2) is 0 Å². The van der Waals surface area contributed by atoms with Gasteiger partial charge in [0.1, 0.15) is 4.90 Å². The molecule has 5 nitrogen and oxygen atoms in total. The van der Waals surface area contributed by atoms with E-state index in [1.165, 1.54) is 0 Å². The van der Waals surface area contributed by atoms with Crippen molar-refractivity contribution in [3.05, 3.63) is 11.4 Å². The molecule has 1 aromatic rings. The summed E-state index contributed by atoms with van der Waals surface area (Å²) in [7, 11) is -3.69. The summed E-state index contributed by atoms with van der Waals surface area (Å²) in [5.41, 5.74) is 1.31. The zero-order valence-corrected chi connectivity index (χ0v) is 12.4. The Morgan fingerprint density at radius 3 is 2.28 bits per heavy atom. The van der Waals surface area contributed by atoms with Gasteiger partial charge >= 0.3 is 0 Å². The Labute approximate surface area is 109 Å². The summed E-state index contributed by atoms with van der Waals surface area (Å²) >= 11 is 0. The van der Waals surface area contributed by atoms with Crippen molar-refractivity contribution in [1.29, 1.82) is 0 Å². The van der Waals surface area contributed by atoms with E-state index in [0.29, 0.717) is 24.5 Å². The maximum absolute atomic E-state index is 11.7. The number of nitrogens with two attached hydrogens (primary N) is 1. The molecule has 18 heavy (non-hydrogen) atoms. The van der Waals surface area contributed by atoms with Crippen LogP contribution in [0.15, 0.2) is 4.90 Å². The quantitative estimate of drug-likeness (QED) is 0.857. The first-order valence-corrected chi connectivity index (χ1v) is 8.01. The molecule has 1 heterocycles. The standard InChI is InChI=1S/C12H23N3O2S/c1-5-9(4)8-15-11(7-3)12(18(13,16)17)10(6-2)14-15/h9H,5-8H2,1-4H3,(H2,13,16,17). The van der Waals surface area contributed by atoms with E-state index in [9.17, 15) is 8.42 Å². The lowest BCUT2D eigenvalue weighted by Gasteiger charge is -2.11. The summed E-state index contributed by atoms with van der Waals surface area (Å²) in [5.74, 6) is 0.466. The van der Waals surface area contributed by atoms with Crippen molar-refractivity contribution >= 4 is 10.0 Å².